The first-order chi connectivity index (χ1) is 11.1. The van der Waals surface area contributed by atoms with Crippen molar-refractivity contribution < 1.29 is 23.5 Å². The highest BCUT2D eigenvalue weighted by atomic mass is 19.1. The number of nitrogens with zero attached hydrogens (tertiary/aromatic N) is 1. The van der Waals surface area contributed by atoms with E-state index in [1.165, 1.54) is 31.2 Å². The van der Waals surface area contributed by atoms with Crippen LogP contribution >= 0.6 is 0 Å². The molecule has 0 N–H and O–H groups in total. The van der Waals surface area contributed by atoms with Gasteiger partial charge in [-0.3, -0.25) is 9.59 Å². The number of ketones is 1. The van der Waals surface area contributed by atoms with Crippen molar-refractivity contribution in [2.24, 2.45) is 0 Å². The molecule has 0 saturated carbocycles. The zero-order chi connectivity index (χ0) is 18.3. The Labute approximate surface area is 141 Å². The molecular formula is C18H24FNO4. The van der Waals surface area contributed by atoms with Crippen molar-refractivity contribution in [2.45, 2.75) is 52.6 Å². The standard InChI is InChI=1S/C18H24FNO4/c1-13(21)20(17(23)24-18(2,3)4)12-6-5-7-16(22)14-8-10-15(19)11-9-14/h8-11H,5-7,12H2,1-4H3. The molecule has 0 bridgehead atoms. The number of unbranched alkanes of at least 4 members (excludes halogenated alkanes) is 1. The second-order valence-corrected chi connectivity index (χ2v) is 6.54. The third kappa shape index (κ3) is 6.89. The summed E-state index contributed by atoms with van der Waals surface area (Å²) < 4.78 is 18.0. The van der Waals surface area contributed by atoms with Crippen LogP contribution in [0, 0.1) is 5.82 Å². The van der Waals surface area contributed by atoms with Crippen molar-refractivity contribution in [3.8, 4) is 0 Å². The van der Waals surface area contributed by atoms with Crippen LogP contribution in [-0.4, -0.2) is 34.8 Å². The molecule has 0 aliphatic rings. The minimum atomic E-state index is -0.681. The Bertz CT molecular complexity index is 590. The van der Waals surface area contributed by atoms with Gasteiger partial charge in [0.2, 0.25) is 5.91 Å². The molecule has 132 valence electrons. The van der Waals surface area contributed by atoms with Crippen LogP contribution in [0.4, 0.5) is 9.18 Å². The second-order valence-electron chi connectivity index (χ2n) is 6.54. The number of rotatable bonds is 6. The summed E-state index contributed by atoms with van der Waals surface area (Å²) in [5.41, 5.74) is -0.226. The van der Waals surface area contributed by atoms with Crippen molar-refractivity contribution in [1.29, 1.82) is 0 Å². The van der Waals surface area contributed by atoms with E-state index in [4.69, 9.17) is 4.74 Å². The van der Waals surface area contributed by atoms with Crippen molar-refractivity contribution in [3.63, 3.8) is 0 Å². The van der Waals surface area contributed by atoms with Crippen LogP contribution in [0.15, 0.2) is 24.3 Å². The molecule has 1 aromatic carbocycles. The smallest absolute Gasteiger partial charge is 0.417 e. The van der Waals surface area contributed by atoms with Gasteiger partial charge in [-0.25, -0.2) is 14.1 Å². The number of Topliss-reactive ketones (excluding diaryl/α,β-unsaturated/α-hetero) is 1. The van der Waals surface area contributed by atoms with E-state index in [0.29, 0.717) is 18.4 Å². The van der Waals surface area contributed by atoms with E-state index in [0.717, 1.165) is 4.90 Å². The third-order valence-corrected chi connectivity index (χ3v) is 3.20. The Balaban J connectivity index is 2.45. The predicted octanol–water partition coefficient (Wildman–Crippen LogP) is 3.96. The molecule has 0 unspecified atom stereocenters. The Morgan fingerprint density at radius 1 is 1.08 bits per heavy atom. The maximum absolute atomic E-state index is 12.8. The summed E-state index contributed by atoms with van der Waals surface area (Å²) in [6.07, 6.45) is 0.597. The number of ether oxygens (including phenoxy) is 1. The van der Waals surface area contributed by atoms with E-state index < -0.39 is 17.6 Å². The highest BCUT2D eigenvalue weighted by molar-refractivity contribution is 5.96. The zero-order valence-corrected chi connectivity index (χ0v) is 14.6. The summed E-state index contributed by atoms with van der Waals surface area (Å²) in [6, 6.07) is 5.38. The molecule has 0 aromatic heterocycles. The highest BCUT2D eigenvalue weighted by Crippen LogP contribution is 2.12. The maximum Gasteiger partial charge on any atom is 0.417 e. The van der Waals surface area contributed by atoms with Gasteiger partial charge >= 0.3 is 6.09 Å². The molecule has 0 fully saturated rings. The van der Waals surface area contributed by atoms with Gasteiger partial charge in [0.15, 0.2) is 5.78 Å². The summed E-state index contributed by atoms with van der Waals surface area (Å²) in [7, 11) is 0. The largest absolute Gasteiger partial charge is 0.443 e. The molecule has 0 heterocycles. The van der Waals surface area contributed by atoms with Gasteiger partial charge in [0, 0.05) is 25.5 Å². The Hall–Kier alpha value is -2.24. The van der Waals surface area contributed by atoms with Crippen LogP contribution in [-0.2, 0) is 9.53 Å². The van der Waals surface area contributed by atoms with Gasteiger partial charge in [0.1, 0.15) is 11.4 Å². The van der Waals surface area contributed by atoms with E-state index in [1.807, 2.05) is 0 Å². The number of halogens is 1. The van der Waals surface area contributed by atoms with Crippen molar-refractivity contribution in [1.82, 2.24) is 4.90 Å². The SMILES string of the molecule is CC(=O)N(CCCCC(=O)c1ccc(F)cc1)C(=O)OC(C)(C)C. The van der Waals surface area contributed by atoms with Gasteiger partial charge in [0.05, 0.1) is 0 Å². The lowest BCUT2D eigenvalue weighted by molar-refractivity contribution is -0.128. The van der Waals surface area contributed by atoms with Crippen LogP contribution in [0.5, 0.6) is 0 Å². The van der Waals surface area contributed by atoms with E-state index >= 15 is 0 Å². The predicted molar refractivity (Wildman–Crippen MR) is 88.2 cm³/mol. The van der Waals surface area contributed by atoms with E-state index in [2.05, 4.69) is 0 Å². The Kier molecular flexibility index (Phi) is 7.07. The lowest BCUT2D eigenvalue weighted by Gasteiger charge is -2.25. The molecule has 2 amide bonds. The average Bonchev–Trinajstić information content (AvgIpc) is 2.45. The van der Waals surface area contributed by atoms with Crippen LogP contribution in [0.2, 0.25) is 0 Å². The number of amides is 2. The van der Waals surface area contributed by atoms with Gasteiger partial charge in [-0.2, -0.15) is 0 Å². The number of carbonyl (C=O) groups excluding carboxylic acids is 3. The minimum Gasteiger partial charge on any atom is -0.443 e. The first-order valence-corrected chi connectivity index (χ1v) is 7.90. The fourth-order valence-corrected chi connectivity index (χ4v) is 2.03. The molecule has 0 atom stereocenters. The molecule has 5 nitrogen and oxygen atoms in total. The zero-order valence-electron chi connectivity index (χ0n) is 14.6. The number of hydrogen-bond acceptors (Lipinski definition) is 4. The summed E-state index contributed by atoms with van der Waals surface area (Å²) in [5.74, 6) is -0.878. The Morgan fingerprint density at radius 2 is 1.67 bits per heavy atom. The topological polar surface area (TPSA) is 63.7 Å². The van der Waals surface area contributed by atoms with Crippen molar-refractivity contribution >= 4 is 17.8 Å². The highest BCUT2D eigenvalue weighted by Gasteiger charge is 2.24. The minimum absolute atomic E-state index is 0.0957. The Morgan fingerprint density at radius 3 is 2.17 bits per heavy atom. The van der Waals surface area contributed by atoms with Crippen LogP contribution in [0.1, 0.15) is 57.3 Å². The molecule has 0 aliphatic heterocycles. The van der Waals surface area contributed by atoms with Crippen molar-refractivity contribution in [3.05, 3.63) is 35.6 Å². The molecular weight excluding hydrogens is 313 g/mol. The summed E-state index contributed by atoms with van der Waals surface area (Å²) in [6.45, 7) is 6.67. The monoisotopic (exact) mass is 337 g/mol. The fourth-order valence-electron chi connectivity index (χ4n) is 2.03. The van der Waals surface area contributed by atoms with Crippen LogP contribution < -0.4 is 0 Å². The van der Waals surface area contributed by atoms with Crippen molar-refractivity contribution in [2.75, 3.05) is 6.54 Å². The molecule has 0 spiro atoms. The third-order valence-electron chi connectivity index (χ3n) is 3.20. The summed E-state index contributed by atoms with van der Waals surface area (Å²) in [4.78, 5) is 36.5. The quantitative estimate of drug-likeness (QED) is 0.582. The second kappa shape index (κ2) is 8.57. The van der Waals surface area contributed by atoms with Gasteiger partial charge in [0.25, 0.3) is 0 Å². The van der Waals surface area contributed by atoms with Gasteiger partial charge in [-0.1, -0.05) is 0 Å². The molecule has 0 aliphatic carbocycles. The average molecular weight is 337 g/mol. The molecule has 1 rings (SSSR count). The number of benzene rings is 1. The van der Waals surface area contributed by atoms with E-state index in [9.17, 15) is 18.8 Å². The molecule has 6 heteroatoms. The van der Waals surface area contributed by atoms with Gasteiger partial charge in [-0.15, -0.1) is 0 Å². The number of hydrogen-bond donors (Lipinski definition) is 0. The lowest BCUT2D eigenvalue weighted by atomic mass is 10.1. The van der Waals surface area contributed by atoms with Gasteiger partial charge in [-0.05, 0) is 57.9 Å². The van der Waals surface area contributed by atoms with E-state index in [-0.39, 0.29) is 24.6 Å². The van der Waals surface area contributed by atoms with Crippen LogP contribution in [0.25, 0.3) is 0 Å². The normalized spacial score (nSPS) is 11.0. The maximum atomic E-state index is 12.8. The van der Waals surface area contributed by atoms with Crippen LogP contribution in [0.3, 0.4) is 0 Å². The molecule has 0 radical (unpaired) electrons. The lowest BCUT2D eigenvalue weighted by Crippen LogP contribution is -2.40. The molecule has 1 aromatic rings. The molecule has 0 saturated heterocycles. The van der Waals surface area contributed by atoms with Gasteiger partial charge < -0.3 is 4.74 Å². The fraction of sp³-hybridized carbons (Fsp3) is 0.500. The first-order valence-electron chi connectivity index (χ1n) is 7.90. The number of carbonyl (C=O) groups is 3. The number of imide groups is 1. The van der Waals surface area contributed by atoms with E-state index in [1.54, 1.807) is 20.8 Å². The molecule has 24 heavy (non-hydrogen) atoms. The first kappa shape index (κ1) is 19.8. The summed E-state index contributed by atoms with van der Waals surface area (Å²) in [5, 5.41) is 0. The summed E-state index contributed by atoms with van der Waals surface area (Å²) >= 11 is 0.